The van der Waals surface area contributed by atoms with Crippen molar-refractivity contribution in [1.29, 1.82) is 0 Å². The van der Waals surface area contributed by atoms with E-state index in [0.29, 0.717) is 27.3 Å². The van der Waals surface area contributed by atoms with Crippen LogP contribution in [-0.2, 0) is 23.2 Å². The second-order valence-corrected chi connectivity index (χ2v) is 9.21. The van der Waals surface area contributed by atoms with E-state index in [0.717, 1.165) is 16.5 Å². The van der Waals surface area contributed by atoms with E-state index in [1.54, 1.807) is 11.6 Å². The molecule has 1 aromatic carbocycles. The highest BCUT2D eigenvalue weighted by molar-refractivity contribution is 7.99. The van der Waals surface area contributed by atoms with Crippen molar-refractivity contribution < 1.29 is 23.5 Å². The first-order valence-corrected chi connectivity index (χ1v) is 11.5. The molecule has 0 spiro atoms. The number of hydrogen-bond acceptors (Lipinski definition) is 8. The van der Waals surface area contributed by atoms with Gasteiger partial charge in [-0.15, -0.1) is 21.5 Å². The number of nitrogens with zero attached hydrogens (tertiary/aromatic N) is 3. The fourth-order valence-electron chi connectivity index (χ4n) is 2.69. The van der Waals surface area contributed by atoms with Crippen LogP contribution in [-0.4, -0.2) is 39.5 Å². The van der Waals surface area contributed by atoms with E-state index in [9.17, 15) is 14.0 Å². The lowest BCUT2D eigenvalue weighted by atomic mass is 10.1. The molecule has 0 bridgehead atoms. The number of thioether (sulfide) groups is 1. The fraction of sp³-hybridized carbons (Fsp3) is 0.300. The third-order valence-electron chi connectivity index (χ3n) is 4.54. The lowest BCUT2D eigenvalue weighted by Gasteiger charge is -2.08. The average Bonchev–Trinajstić information content (AvgIpc) is 3.24. The summed E-state index contributed by atoms with van der Waals surface area (Å²) >= 11 is 8.47. The maximum atomic E-state index is 13.1. The summed E-state index contributed by atoms with van der Waals surface area (Å²) in [6.45, 7) is 3.75. The number of esters is 1. The Balaban J connectivity index is 1.60. The fourth-order valence-corrected chi connectivity index (χ4v) is 4.70. The van der Waals surface area contributed by atoms with Gasteiger partial charge >= 0.3 is 5.97 Å². The molecule has 2 heterocycles. The zero-order valence-electron chi connectivity index (χ0n) is 17.7. The smallest absolute Gasteiger partial charge is 0.341 e. The summed E-state index contributed by atoms with van der Waals surface area (Å²) < 4.78 is 25.2. The molecule has 0 radical (unpaired) electrons. The number of thiophene rings is 1. The Labute approximate surface area is 197 Å². The normalized spacial score (nSPS) is 10.8. The number of benzene rings is 1. The van der Waals surface area contributed by atoms with Crippen molar-refractivity contribution in [3.8, 4) is 5.75 Å². The highest BCUT2D eigenvalue weighted by Gasteiger charge is 2.22. The van der Waals surface area contributed by atoms with E-state index in [2.05, 4.69) is 15.5 Å². The minimum atomic E-state index is -0.492. The molecule has 0 aliphatic heterocycles. The molecule has 1 amide bonds. The highest BCUT2D eigenvalue weighted by Crippen LogP contribution is 2.33. The lowest BCUT2D eigenvalue weighted by Crippen LogP contribution is -2.16. The summed E-state index contributed by atoms with van der Waals surface area (Å²) in [5, 5.41) is 12.0. The minimum absolute atomic E-state index is 0.0627. The van der Waals surface area contributed by atoms with E-state index in [1.165, 1.54) is 42.3 Å². The first-order chi connectivity index (χ1) is 15.2. The van der Waals surface area contributed by atoms with Gasteiger partial charge in [0.15, 0.2) is 11.0 Å². The molecule has 0 saturated carbocycles. The SMILES string of the molecule is COC(=O)c1c(NC(=O)CSc2nnc(COc3ccc(F)cc3Cl)n2C)sc(C)c1C. The van der Waals surface area contributed by atoms with Crippen molar-refractivity contribution in [2.24, 2.45) is 7.05 Å². The zero-order valence-corrected chi connectivity index (χ0v) is 20.1. The van der Waals surface area contributed by atoms with E-state index >= 15 is 0 Å². The number of aryl methyl sites for hydroxylation is 1. The minimum Gasteiger partial charge on any atom is -0.484 e. The zero-order chi connectivity index (χ0) is 23.4. The van der Waals surface area contributed by atoms with Crippen molar-refractivity contribution in [3.05, 3.63) is 50.9 Å². The molecule has 0 atom stereocenters. The van der Waals surface area contributed by atoms with E-state index in [4.69, 9.17) is 21.1 Å². The van der Waals surface area contributed by atoms with Crippen molar-refractivity contribution in [2.75, 3.05) is 18.2 Å². The molecule has 0 fully saturated rings. The van der Waals surface area contributed by atoms with Crippen LogP contribution in [0.3, 0.4) is 0 Å². The van der Waals surface area contributed by atoms with Gasteiger partial charge in [0.05, 0.1) is 23.4 Å². The number of halogens is 2. The predicted molar refractivity (Wildman–Crippen MR) is 121 cm³/mol. The monoisotopic (exact) mass is 498 g/mol. The number of nitrogens with one attached hydrogen (secondary N) is 1. The summed E-state index contributed by atoms with van der Waals surface area (Å²) in [7, 11) is 3.04. The Morgan fingerprint density at radius 2 is 2.06 bits per heavy atom. The Morgan fingerprint density at radius 3 is 2.75 bits per heavy atom. The number of aromatic nitrogens is 3. The summed E-state index contributed by atoms with van der Waals surface area (Å²) in [6.07, 6.45) is 0. The van der Waals surface area contributed by atoms with Crippen LogP contribution in [0.5, 0.6) is 5.75 Å². The van der Waals surface area contributed by atoms with Crippen molar-refractivity contribution >= 4 is 51.6 Å². The van der Waals surface area contributed by atoms with Crippen LogP contribution in [0.1, 0.15) is 26.6 Å². The molecule has 0 aliphatic carbocycles. The maximum Gasteiger partial charge on any atom is 0.341 e. The molecule has 3 rings (SSSR count). The van der Waals surface area contributed by atoms with Gasteiger partial charge < -0.3 is 19.4 Å². The number of amides is 1. The molecular weight excluding hydrogens is 479 g/mol. The topological polar surface area (TPSA) is 95.3 Å². The van der Waals surface area contributed by atoms with Gasteiger partial charge in [0.25, 0.3) is 0 Å². The number of anilines is 1. The van der Waals surface area contributed by atoms with Gasteiger partial charge in [-0.25, -0.2) is 9.18 Å². The van der Waals surface area contributed by atoms with E-state index in [-0.39, 0.29) is 23.3 Å². The first-order valence-electron chi connectivity index (χ1n) is 9.28. The quantitative estimate of drug-likeness (QED) is 0.363. The third-order valence-corrected chi connectivity index (χ3v) is 6.97. The van der Waals surface area contributed by atoms with Gasteiger partial charge in [-0.05, 0) is 37.6 Å². The number of ether oxygens (including phenoxy) is 2. The number of carbonyl (C=O) groups is 2. The second kappa shape index (κ2) is 10.3. The molecule has 0 unspecified atom stereocenters. The van der Waals surface area contributed by atoms with E-state index < -0.39 is 11.8 Å². The molecule has 2 aromatic heterocycles. The Bertz CT molecular complexity index is 1160. The van der Waals surface area contributed by atoms with Gasteiger partial charge in [-0.2, -0.15) is 0 Å². The average molecular weight is 499 g/mol. The van der Waals surface area contributed by atoms with Gasteiger partial charge in [0.1, 0.15) is 23.2 Å². The lowest BCUT2D eigenvalue weighted by molar-refractivity contribution is -0.113. The number of rotatable bonds is 8. The molecule has 170 valence electrons. The Kier molecular flexibility index (Phi) is 7.75. The van der Waals surface area contributed by atoms with Gasteiger partial charge in [-0.3, -0.25) is 4.79 Å². The van der Waals surface area contributed by atoms with Crippen LogP contribution in [0.25, 0.3) is 0 Å². The third kappa shape index (κ3) is 5.40. The molecular formula is C20H20ClFN4O4S2. The summed E-state index contributed by atoms with van der Waals surface area (Å²) in [5.41, 5.74) is 1.15. The van der Waals surface area contributed by atoms with Crippen LogP contribution in [0.15, 0.2) is 23.4 Å². The molecule has 12 heteroatoms. The van der Waals surface area contributed by atoms with Crippen molar-refractivity contribution in [1.82, 2.24) is 14.8 Å². The van der Waals surface area contributed by atoms with Gasteiger partial charge in [0, 0.05) is 11.9 Å². The summed E-state index contributed by atoms with van der Waals surface area (Å²) in [4.78, 5) is 25.4. The number of carbonyl (C=O) groups excluding carboxylic acids is 2. The van der Waals surface area contributed by atoms with Gasteiger partial charge in [0.2, 0.25) is 5.91 Å². The number of methoxy groups -OCH3 is 1. The predicted octanol–water partition coefficient (Wildman–Crippen LogP) is 4.38. The Hall–Kier alpha value is -2.63. The maximum absolute atomic E-state index is 13.1. The van der Waals surface area contributed by atoms with Crippen molar-refractivity contribution in [2.45, 2.75) is 25.6 Å². The molecule has 3 aromatic rings. The summed E-state index contributed by atoms with van der Waals surface area (Å²) in [6, 6.07) is 3.85. The molecule has 8 nitrogen and oxygen atoms in total. The molecule has 0 saturated heterocycles. The van der Waals surface area contributed by atoms with E-state index in [1.807, 2.05) is 13.8 Å². The standard InChI is InChI=1S/C20H20ClFN4O4S2/c1-10-11(2)32-18(17(10)19(28)29-4)23-16(27)9-31-20-25-24-15(26(20)3)8-30-14-6-5-12(22)7-13(14)21/h5-7H,8-9H2,1-4H3,(H,23,27). The largest absolute Gasteiger partial charge is 0.484 e. The van der Waals surface area contributed by atoms with Crippen LogP contribution >= 0.6 is 34.7 Å². The molecule has 32 heavy (non-hydrogen) atoms. The molecule has 1 N–H and O–H groups in total. The van der Waals surface area contributed by atoms with Crippen LogP contribution < -0.4 is 10.1 Å². The van der Waals surface area contributed by atoms with Crippen LogP contribution in [0, 0.1) is 19.7 Å². The summed E-state index contributed by atoms with van der Waals surface area (Å²) in [5.74, 6) is -0.343. The number of hydrogen-bond donors (Lipinski definition) is 1. The second-order valence-electron chi connectivity index (χ2n) is 6.64. The van der Waals surface area contributed by atoms with Crippen molar-refractivity contribution in [3.63, 3.8) is 0 Å². The van der Waals surface area contributed by atoms with Gasteiger partial charge in [-0.1, -0.05) is 23.4 Å². The van der Waals surface area contributed by atoms with Crippen LogP contribution in [0.2, 0.25) is 5.02 Å². The molecule has 0 aliphatic rings. The Morgan fingerprint density at radius 1 is 1.31 bits per heavy atom. The first kappa shape index (κ1) is 24.0. The highest BCUT2D eigenvalue weighted by atomic mass is 35.5. The van der Waals surface area contributed by atoms with Crippen LogP contribution in [0.4, 0.5) is 9.39 Å².